The maximum atomic E-state index is 12.5. The van der Waals surface area contributed by atoms with Gasteiger partial charge in [-0.1, -0.05) is 6.07 Å². The molecule has 1 rings (SSSR count). The SMILES string of the molecule is CN(C)c1ccc(CO)c(C(F)(F)F)c1. The Labute approximate surface area is 85.9 Å². The van der Waals surface area contributed by atoms with Gasteiger partial charge in [-0.3, -0.25) is 0 Å². The summed E-state index contributed by atoms with van der Waals surface area (Å²) in [6.07, 6.45) is -4.43. The first-order valence-corrected chi connectivity index (χ1v) is 4.34. The molecule has 0 aromatic heterocycles. The van der Waals surface area contributed by atoms with Crippen molar-refractivity contribution in [3.8, 4) is 0 Å². The number of hydrogen-bond acceptors (Lipinski definition) is 2. The zero-order valence-electron chi connectivity index (χ0n) is 8.47. The van der Waals surface area contributed by atoms with Crippen LogP contribution in [0.1, 0.15) is 11.1 Å². The molecule has 0 saturated carbocycles. The van der Waals surface area contributed by atoms with E-state index >= 15 is 0 Å². The van der Waals surface area contributed by atoms with Crippen LogP contribution >= 0.6 is 0 Å². The van der Waals surface area contributed by atoms with Crippen molar-refractivity contribution in [1.82, 2.24) is 0 Å². The average molecular weight is 219 g/mol. The molecule has 1 N–H and O–H groups in total. The predicted octanol–water partition coefficient (Wildman–Crippen LogP) is 2.26. The number of nitrogens with zero attached hydrogens (tertiary/aromatic N) is 1. The Morgan fingerprint density at radius 2 is 1.87 bits per heavy atom. The van der Waals surface area contributed by atoms with E-state index in [2.05, 4.69) is 0 Å². The molecule has 0 fully saturated rings. The summed E-state index contributed by atoms with van der Waals surface area (Å²) < 4.78 is 37.6. The first-order chi connectivity index (χ1) is 6.86. The molecule has 5 heteroatoms. The molecular weight excluding hydrogens is 207 g/mol. The standard InChI is InChI=1S/C10H12F3NO/c1-14(2)8-4-3-7(6-15)9(5-8)10(11,12)13/h3-5,15H,6H2,1-2H3. The van der Waals surface area contributed by atoms with E-state index in [1.54, 1.807) is 25.1 Å². The minimum atomic E-state index is -4.43. The molecule has 0 spiro atoms. The van der Waals surface area contributed by atoms with Crippen LogP contribution in [0.5, 0.6) is 0 Å². The van der Waals surface area contributed by atoms with Crippen LogP contribution in [0.3, 0.4) is 0 Å². The zero-order chi connectivity index (χ0) is 11.6. The topological polar surface area (TPSA) is 23.5 Å². The van der Waals surface area contributed by atoms with Gasteiger partial charge in [0.25, 0.3) is 0 Å². The highest BCUT2D eigenvalue weighted by Crippen LogP contribution is 2.34. The fourth-order valence-corrected chi connectivity index (χ4v) is 1.24. The lowest BCUT2D eigenvalue weighted by Crippen LogP contribution is -2.13. The lowest BCUT2D eigenvalue weighted by Gasteiger charge is -2.17. The molecule has 0 atom stereocenters. The van der Waals surface area contributed by atoms with Gasteiger partial charge in [-0.15, -0.1) is 0 Å². The maximum Gasteiger partial charge on any atom is 0.416 e. The number of benzene rings is 1. The molecule has 1 aromatic rings. The van der Waals surface area contributed by atoms with E-state index in [4.69, 9.17) is 5.11 Å². The molecular formula is C10H12F3NO. The van der Waals surface area contributed by atoms with Crippen LogP contribution in [0.4, 0.5) is 18.9 Å². The van der Waals surface area contributed by atoms with E-state index in [9.17, 15) is 13.2 Å². The van der Waals surface area contributed by atoms with Crippen molar-refractivity contribution in [2.45, 2.75) is 12.8 Å². The van der Waals surface area contributed by atoms with Crippen molar-refractivity contribution in [1.29, 1.82) is 0 Å². The third kappa shape index (κ3) is 2.62. The highest BCUT2D eigenvalue weighted by molar-refractivity contribution is 5.50. The van der Waals surface area contributed by atoms with Crippen molar-refractivity contribution >= 4 is 5.69 Å². The van der Waals surface area contributed by atoms with Crippen LogP contribution in [0.25, 0.3) is 0 Å². The largest absolute Gasteiger partial charge is 0.416 e. The Balaban J connectivity index is 3.26. The van der Waals surface area contributed by atoms with Gasteiger partial charge in [0.1, 0.15) is 0 Å². The molecule has 0 aliphatic carbocycles. The molecule has 0 heterocycles. The van der Waals surface area contributed by atoms with Gasteiger partial charge in [0.15, 0.2) is 0 Å². The first-order valence-electron chi connectivity index (χ1n) is 4.34. The number of aliphatic hydroxyl groups excluding tert-OH is 1. The molecule has 0 radical (unpaired) electrons. The summed E-state index contributed by atoms with van der Waals surface area (Å²) in [5.41, 5.74) is -0.427. The van der Waals surface area contributed by atoms with Crippen molar-refractivity contribution < 1.29 is 18.3 Å². The Bertz CT molecular complexity index is 347. The van der Waals surface area contributed by atoms with Gasteiger partial charge in [0, 0.05) is 19.8 Å². The molecule has 0 unspecified atom stereocenters. The second kappa shape index (κ2) is 4.10. The minimum Gasteiger partial charge on any atom is -0.392 e. The van der Waals surface area contributed by atoms with Crippen LogP contribution in [0.15, 0.2) is 18.2 Å². The van der Waals surface area contributed by atoms with E-state index in [-0.39, 0.29) is 5.56 Å². The highest BCUT2D eigenvalue weighted by atomic mass is 19.4. The molecule has 0 amide bonds. The van der Waals surface area contributed by atoms with Crippen molar-refractivity contribution in [3.05, 3.63) is 29.3 Å². The fraction of sp³-hybridized carbons (Fsp3) is 0.400. The first kappa shape index (κ1) is 11.8. The van der Waals surface area contributed by atoms with E-state index in [0.717, 1.165) is 6.07 Å². The average Bonchev–Trinajstić information content (AvgIpc) is 2.15. The fourth-order valence-electron chi connectivity index (χ4n) is 1.24. The van der Waals surface area contributed by atoms with Gasteiger partial charge >= 0.3 is 6.18 Å². The van der Waals surface area contributed by atoms with Gasteiger partial charge < -0.3 is 10.0 Å². The number of alkyl halides is 3. The van der Waals surface area contributed by atoms with Crippen LogP contribution in [0.2, 0.25) is 0 Å². The summed E-state index contributed by atoms with van der Waals surface area (Å²) in [5.74, 6) is 0. The quantitative estimate of drug-likeness (QED) is 0.824. The zero-order valence-corrected chi connectivity index (χ0v) is 8.47. The summed E-state index contributed by atoms with van der Waals surface area (Å²) in [4.78, 5) is 1.58. The van der Waals surface area contributed by atoms with Crippen LogP contribution in [-0.4, -0.2) is 19.2 Å². The minimum absolute atomic E-state index is 0.104. The van der Waals surface area contributed by atoms with Crippen molar-refractivity contribution in [2.24, 2.45) is 0 Å². The van der Waals surface area contributed by atoms with E-state index < -0.39 is 18.3 Å². The molecule has 0 aliphatic rings. The lowest BCUT2D eigenvalue weighted by atomic mass is 10.1. The summed E-state index contributed by atoms with van der Waals surface area (Å²) in [6.45, 7) is -0.609. The predicted molar refractivity (Wildman–Crippen MR) is 51.7 cm³/mol. The molecule has 15 heavy (non-hydrogen) atoms. The highest BCUT2D eigenvalue weighted by Gasteiger charge is 2.33. The van der Waals surface area contributed by atoms with Gasteiger partial charge in [-0.2, -0.15) is 13.2 Å². The van der Waals surface area contributed by atoms with Crippen LogP contribution in [0, 0.1) is 0 Å². The smallest absolute Gasteiger partial charge is 0.392 e. The normalized spacial score (nSPS) is 11.6. The summed E-state index contributed by atoms with van der Waals surface area (Å²) in [5, 5.41) is 8.80. The number of rotatable bonds is 2. The number of anilines is 1. The Morgan fingerprint density at radius 1 is 1.27 bits per heavy atom. The van der Waals surface area contributed by atoms with E-state index in [1.807, 2.05) is 0 Å². The number of hydrogen-bond donors (Lipinski definition) is 1. The monoisotopic (exact) mass is 219 g/mol. The van der Waals surface area contributed by atoms with Crippen LogP contribution in [-0.2, 0) is 12.8 Å². The summed E-state index contributed by atoms with van der Waals surface area (Å²) in [6, 6.07) is 3.87. The van der Waals surface area contributed by atoms with Crippen LogP contribution < -0.4 is 4.90 Å². The molecule has 0 aliphatic heterocycles. The number of aliphatic hydroxyl groups is 1. The summed E-state index contributed by atoms with van der Waals surface area (Å²) >= 11 is 0. The van der Waals surface area contributed by atoms with Crippen molar-refractivity contribution in [2.75, 3.05) is 19.0 Å². The molecule has 1 aromatic carbocycles. The van der Waals surface area contributed by atoms with Gasteiger partial charge in [0.05, 0.1) is 12.2 Å². The molecule has 2 nitrogen and oxygen atoms in total. The number of halogens is 3. The molecule has 0 saturated heterocycles. The third-order valence-corrected chi connectivity index (χ3v) is 2.09. The van der Waals surface area contributed by atoms with Gasteiger partial charge in [-0.05, 0) is 17.7 Å². The second-order valence-corrected chi connectivity index (χ2v) is 3.39. The Morgan fingerprint density at radius 3 is 2.27 bits per heavy atom. The molecule has 0 bridgehead atoms. The lowest BCUT2D eigenvalue weighted by molar-refractivity contribution is -0.138. The maximum absolute atomic E-state index is 12.5. The van der Waals surface area contributed by atoms with E-state index in [1.165, 1.54) is 6.07 Å². The molecule has 84 valence electrons. The van der Waals surface area contributed by atoms with Crippen molar-refractivity contribution in [3.63, 3.8) is 0 Å². The second-order valence-electron chi connectivity index (χ2n) is 3.39. The van der Waals surface area contributed by atoms with Gasteiger partial charge in [0.2, 0.25) is 0 Å². The van der Waals surface area contributed by atoms with Gasteiger partial charge in [-0.25, -0.2) is 0 Å². The Hall–Kier alpha value is -1.23. The third-order valence-electron chi connectivity index (χ3n) is 2.09. The Kier molecular flexibility index (Phi) is 3.24. The van der Waals surface area contributed by atoms with E-state index in [0.29, 0.717) is 5.69 Å². The summed E-state index contributed by atoms with van der Waals surface area (Å²) in [7, 11) is 3.32.